The van der Waals surface area contributed by atoms with E-state index in [-0.39, 0.29) is 11.5 Å². The summed E-state index contributed by atoms with van der Waals surface area (Å²) in [7, 11) is 0. The molecule has 0 heterocycles. The summed E-state index contributed by atoms with van der Waals surface area (Å²) < 4.78 is 0. The number of aromatic hydroxyl groups is 1. The normalized spacial score (nSPS) is 10.5. The van der Waals surface area contributed by atoms with Gasteiger partial charge < -0.3 is 5.11 Å². The molecule has 1 rings (SSSR count). The molecule has 1 aromatic carbocycles. The van der Waals surface area contributed by atoms with Crippen LogP contribution in [0.25, 0.3) is 0 Å². The van der Waals surface area contributed by atoms with Crippen LogP contribution in [0.1, 0.15) is 68.6 Å². The van der Waals surface area contributed by atoms with E-state index in [0.29, 0.717) is 12.0 Å². The Balaban J connectivity index is 2.12. The van der Waals surface area contributed by atoms with Gasteiger partial charge in [-0.1, -0.05) is 45.4 Å². The van der Waals surface area contributed by atoms with Gasteiger partial charge in [0, 0.05) is 12.0 Å². The van der Waals surface area contributed by atoms with E-state index in [1.165, 1.54) is 32.1 Å². The zero-order valence-corrected chi connectivity index (χ0v) is 11.3. The molecule has 0 unspecified atom stereocenters. The quantitative estimate of drug-likeness (QED) is 0.507. The van der Waals surface area contributed by atoms with E-state index < -0.39 is 0 Å². The number of hydrogen-bond acceptors (Lipinski definition) is 2. The lowest BCUT2D eigenvalue weighted by atomic mass is 10.0. The van der Waals surface area contributed by atoms with Crippen LogP contribution in [0.3, 0.4) is 0 Å². The number of Topliss-reactive ketones (excluding diaryl/α,β-unsaturated/α-hetero) is 1. The second-order valence-electron chi connectivity index (χ2n) is 4.84. The van der Waals surface area contributed by atoms with E-state index in [2.05, 4.69) is 6.92 Å². The van der Waals surface area contributed by atoms with Gasteiger partial charge in [-0.15, -0.1) is 0 Å². The molecule has 2 heteroatoms. The molecule has 2 nitrogen and oxygen atoms in total. The van der Waals surface area contributed by atoms with Crippen molar-refractivity contribution in [1.29, 1.82) is 0 Å². The topological polar surface area (TPSA) is 37.3 Å². The Morgan fingerprint density at radius 3 is 2.11 bits per heavy atom. The van der Waals surface area contributed by atoms with Crippen molar-refractivity contribution in [2.24, 2.45) is 0 Å². The van der Waals surface area contributed by atoms with Gasteiger partial charge in [0.2, 0.25) is 0 Å². The predicted molar refractivity (Wildman–Crippen MR) is 75.0 cm³/mol. The fourth-order valence-corrected chi connectivity index (χ4v) is 2.03. The summed E-state index contributed by atoms with van der Waals surface area (Å²) >= 11 is 0. The van der Waals surface area contributed by atoms with E-state index in [1.54, 1.807) is 24.3 Å². The van der Waals surface area contributed by atoms with Crippen molar-refractivity contribution < 1.29 is 9.90 Å². The monoisotopic (exact) mass is 248 g/mol. The smallest absolute Gasteiger partial charge is 0.162 e. The van der Waals surface area contributed by atoms with Crippen molar-refractivity contribution >= 4 is 5.78 Å². The van der Waals surface area contributed by atoms with Gasteiger partial charge in [-0.3, -0.25) is 4.79 Å². The van der Waals surface area contributed by atoms with Crippen molar-refractivity contribution in [3.63, 3.8) is 0 Å². The highest BCUT2D eigenvalue weighted by atomic mass is 16.3. The molecule has 1 aromatic rings. The van der Waals surface area contributed by atoms with E-state index in [0.717, 1.165) is 12.8 Å². The predicted octanol–water partition coefficient (Wildman–Crippen LogP) is 4.72. The van der Waals surface area contributed by atoms with Crippen LogP contribution >= 0.6 is 0 Å². The standard InChI is InChI=1S/C16H24O2/c1-2-3-4-5-6-7-8-9-16(18)14-10-12-15(17)13-11-14/h10-13,17H,2-9H2,1H3. The van der Waals surface area contributed by atoms with Crippen LogP contribution in [-0.4, -0.2) is 10.9 Å². The van der Waals surface area contributed by atoms with Crippen LogP contribution < -0.4 is 0 Å². The molecule has 0 amide bonds. The largest absolute Gasteiger partial charge is 0.508 e. The summed E-state index contributed by atoms with van der Waals surface area (Å²) in [6.07, 6.45) is 9.20. The molecular formula is C16H24O2. The molecule has 0 saturated carbocycles. The van der Waals surface area contributed by atoms with Gasteiger partial charge in [-0.2, -0.15) is 0 Å². The highest BCUT2D eigenvalue weighted by Crippen LogP contribution is 2.14. The highest BCUT2D eigenvalue weighted by molar-refractivity contribution is 5.96. The van der Waals surface area contributed by atoms with Crippen molar-refractivity contribution in [2.75, 3.05) is 0 Å². The number of unbranched alkanes of at least 4 members (excludes halogenated alkanes) is 6. The van der Waals surface area contributed by atoms with Gasteiger partial charge in [0.05, 0.1) is 0 Å². The number of hydrogen-bond donors (Lipinski definition) is 1. The van der Waals surface area contributed by atoms with Crippen molar-refractivity contribution in [1.82, 2.24) is 0 Å². The van der Waals surface area contributed by atoms with Gasteiger partial charge in [0.1, 0.15) is 5.75 Å². The fourth-order valence-electron chi connectivity index (χ4n) is 2.03. The maximum absolute atomic E-state index is 11.8. The number of carbonyl (C=O) groups excluding carboxylic acids is 1. The third kappa shape index (κ3) is 5.85. The molecule has 0 aromatic heterocycles. The van der Waals surface area contributed by atoms with Crippen molar-refractivity contribution in [3.05, 3.63) is 29.8 Å². The minimum atomic E-state index is 0.184. The summed E-state index contributed by atoms with van der Waals surface area (Å²) in [6, 6.07) is 6.52. The average Bonchev–Trinajstić information content (AvgIpc) is 2.38. The molecule has 0 saturated heterocycles. The number of ketones is 1. The number of benzene rings is 1. The fraction of sp³-hybridized carbons (Fsp3) is 0.562. The van der Waals surface area contributed by atoms with Crippen LogP contribution in [-0.2, 0) is 0 Å². The first-order chi connectivity index (χ1) is 8.74. The molecule has 0 radical (unpaired) electrons. The lowest BCUT2D eigenvalue weighted by Gasteiger charge is -2.02. The maximum Gasteiger partial charge on any atom is 0.162 e. The highest BCUT2D eigenvalue weighted by Gasteiger charge is 2.04. The van der Waals surface area contributed by atoms with E-state index in [4.69, 9.17) is 5.11 Å². The van der Waals surface area contributed by atoms with Crippen molar-refractivity contribution in [2.45, 2.75) is 58.3 Å². The van der Waals surface area contributed by atoms with Crippen LogP contribution in [0, 0.1) is 0 Å². The lowest BCUT2D eigenvalue weighted by molar-refractivity contribution is 0.0979. The SMILES string of the molecule is CCCCCCCCCC(=O)c1ccc(O)cc1. The Kier molecular flexibility index (Phi) is 7.16. The molecule has 1 N–H and O–H groups in total. The van der Waals surface area contributed by atoms with Gasteiger partial charge >= 0.3 is 0 Å². The first-order valence-electron chi connectivity index (χ1n) is 7.06. The second-order valence-corrected chi connectivity index (χ2v) is 4.84. The minimum absolute atomic E-state index is 0.184. The van der Waals surface area contributed by atoms with Crippen molar-refractivity contribution in [3.8, 4) is 5.75 Å². The van der Waals surface area contributed by atoms with E-state index in [9.17, 15) is 4.79 Å². The molecule has 0 aliphatic rings. The molecule has 0 fully saturated rings. The van der Waals surface area contributed by atoms with E-state index >= 15 is 0 Å². The van der Waals surface area contributed by atoms with Crippen LogP contribution in [0.4, 0.5) is 0 Å². The van der Waals surface area contributed by atoms with Crippen LogP contribution in [0.2, 0.25) is 0 Å². The third-order valence-electron chi connectivity index (χ3n) is 3.20. The van der Waals surface area contributed by atoms with Gasteiger partial charge in [0.15, 0.2) is 5.78 Å². The maximum atomic E-state index is 11.8. The summed E-state index contributed by atoms with van der Waals surface area (Å²) in [5.74, 6) is 0.394. The summed E-state index contributed by atoms with van der Waals surface area (Å²) in [5.41, 5.74) is 0.707. The second kappa shape index (κ2) is 8.73. The molecule has 18 heavy (non-hydrogen) atoms. The average molecular weight is 248 g/mol. The number of rotatable bonds is 9. The summed E-state index contributed by atoms with van der Waals surface area (Å²) in [4.78, 5) is 11.8. The molecule has 100 valence electrons. The minimum Gasteiger partial charge on any atom is -0.508 e. The number of carbonyl (C=O) groups is 1. The first-order valence-corrected chi connectivity index (χ1v) is 7.06. The zero-order valence-electron chi connectivity index (χ0n) is 11.3. The Bertz CT molecular complexity index is 341. The van der Waals surface area contributed by atoms with Gasteiger partial charge in [-0.05, 0) is 30.7 Å². The van der Waals surface area contributed by atoms with Crippen LogP contribution in [0.5, 0.6) is 5.75 Å². The molecule has 0 aliphatic carbocycles. The third-order valence-corrected chi connectivity index (χ3v) is 3.20. The number of phenols is 1. The number of phenolic OH excluding ortho intramolecular Hbond substituents is 1. The molecule has 0 bridgehead atoms. The first kappa shape index (κ1) is 14.7. The summed E-state index contributed by atoms with van der Waals surface area (Å²) in [5, 5.41) is 9.14. The van der Waals surface area contributed by atoms with Crippen LogP contribution in [0.15, 0.2) is 24.3 Å². The van der Waals surface area contributed by atoms with Gasteiger partial charge in [-0.25, -0.2) is 0 Å². The van der Waals surface area contributed by atoms with Gasteiger partial charge in [0.25, 0.3) is 0 Å². The molecule has 0 atom stereocenters. The van der Waals surface area contributed by atoms with E-state index in [1.807, 2.05) is 0 Å². The Morgan fingerprint density at radius 2 is 1.50 bits per heavy atom. The molecule has 0 spiro atoms. The zero-order chi connectivity index (χ0) is 13.2. The Hall–Kier alpha value is -1.31. The molecular weight excluding hydrogens is 224 g/mol. The molecule has 0 aliphatic heterocycles. The Labute approximate surface area is 110 Å². The summed E-state index contributed by atoms with van der Waals surface area (Å²) in [6.45, 7) is 2.22. The Morgan fingerprint density at radius 1 is 0.944 bits per heavy atom. The lowest BCUT2D eigenvalue weighted by Crippen LogP contribution is -1.98.